The Hall–Kier alpha value is -2.31. The van der Waals surface area contributed by atoms with Gasteiger partial charge in [0.2, 0.25) is 5.91 Å². The molecule has 1 rings (SSSR count). The number of benzene rings is 1. The highest BCUT2D eigenvalue weighted by molar-refractivity contribution is 5.94. The normalized spacial score (nSPS) is 11.2. The van der Waals surface area contributed by atoms with Crippen molar-refractivity contribution in [1.29, 1.82) is 0 Å². The van der Waals surface area contributed by atoms with Gasteiger partial charge < -0.3 is 19.9 Å². The van der Waals surface area contributed by atoms with Gasteiger partial charge in [0.05, 0.1) is 5.69 Å². The number of anilines is 2. The summed E-state index contributed by atoms with van der Waals surface area (Å²) in [4.78, 5) is 26.8. The second kappa shape index (κ2) is 8.18. The molecule has 0 heterocycles. The Morgan fingerprint density at radius 2 is 1.84 bits per heavy atom. The minimum atomic E-state index is -0.636. The maximum absolute atomic E-state index is 14.2. The SMILES string of the molecule is CC(C)N(C)c1ccc(NC(=O)CN(C)C(=O)OC(C)(C)C)cc1F. The van der Waals surface area contributed by atoms with Crippen molar-refractivity contribution in [3.8, 4) is 0 Å². The molecule has 2 amide bonds. The molecule has 140 valence electrons. The smallest absolute Gasteiger partial charge is 0.410 e. The van der Waals surface area contributed by atoms with E-state index >= 15 is 0 Å². The predicted molar refractivity (Wildman–Crippen MR) is 97.4 cm³/mol. The molecule has 0 spiro atoms. The highest BCUT2D eigenvalue weighted by Crippen LogP contribution is 2.23. The zero-order valence-electron chi connectivity index (χ0n) is 16.0. The number of carbonyl (C=O) groups is 2. The van der Waals surface area contributed by atoms with Crippen LogP contribution < -0.4 is 10.2 Å². The highest BCUT2D eigenvalue weighted by Gasteiger charge is 2.21. The van der Waals surface area contributed by atoms with Crippen LogP contribution in [-0.2, 0) is 9.53 Å². The molecule has 0 unspecified atom stereocenters. The van der Waals surface area contributed by atoms with E-state index in [-0.39, 0.29) is 12.6 Å². The third-order valence-corrected chi connectivity index (χ3v) is 3.47. The summed E-state index contributed by atoms with van der Waals surface area (Å²) in [5.74, 6) is -0.854. The van der Waals surface area contributed by atoms with Crippen molar-refractivity contribution in [2.75, 3.05) is 30.9 Å². The van der Waals surface area contributed by atoms with Gasteiger partial charge in [0.1, 0.15) is 18.0 Å². The minimum Gasteiger partial charge on any atom is -0.444 e. The fourth-order valence-corrected chi connectivity index (χ4v) is 1.97. The molecule has 0 saturated heterocycles. The standard InChI is InChI=1S/C18H28FN3O3/c1-12(2)22(7)15-9-8-13(10-14(15)19)20-16(23)11-21(6)17(24)25-18(3,4)5/h8-10,12H,11H2,1-7H3,(H,20,23). The van der Waals surface area contributed by atoms with Gasteiger partial charge in [-0.15, -0.1) is 0 Å². The van der Waals surface area contributed by atoms with Crippen LogP contribution in [0.25, 0.3) is 0 Å². The first kappa shape index (κ1) is 20.7. The lowest BCUT2D eigenvalue weighted by Crippen LogP contribution is -2.38. The summed E-state index contributed by atoms with van der Waals surface area (Å²) < 4.78 is 19.4. The number of nitrogens with one attached hydrogen (secondary N) is 1. The van der Waals surface area contributed by atoms with Gasteiger partial charge >= 0.3 is 6.09 Å². The van der Waals surface area contributed by atoms with Crippen LogP contribution in [0.5, 0.6) is 0 Å². The summed E-state index contributed by atoms with van der Waals surface area (Å²) in [6.45, 7) is 8.97. The van der Waals surface area contributed by atoms with Crippen LogP contribution in [0.3, 0.4) is 0 Å². The minimum absolute atomic E-state index is 0.150. The number of carbonyl (C=O) groups excluding carboxylic acids is 2. The molecule has 0 aromatic heterocycles. The molecule has 1 aromatic rings. The highest BCUT2D eigenvalue weighted by atomic mass is 19.1. The van der Waals surface area contributed by atoms with Gasteiger partial charge in [-0.25, -0.2) is 9.18 Å². The first-order valence-electron chi connectivity index (χ1n) is 8.17. The maximum Gasteiger partial charge on any atom is 0.410 e. The fourth-order valence-electron chi connectivity index (χ4n) is 1.97. The Kier molecular flexibility index (Phi) is 6.78. The molecule has 0 aliphatic carbocycles. The molecule has 0 bridgehead atoms. The van der Waals surface area contributed by atoms with Crippen molar-refractivity contribution < 1.29 is 18.7 Å². The molecule has 1 N–H and O–H groups in total. The molecule has 0 aliphatic heterocycles. The molecule has 1 aromatic carbocycles. The number of likely N-dealkylation sites (N-methyl/N-ethyl adjacent to an activating group) is 1. The number of rotatable bonds is 5. The fraction of sp³-hybridized carbons (Fsp3) is 0.556. The van der Waals surface area contributed by atoms with Crippen LogP contribution in [0.4, 0.5) is 20.6 Å². The third-order valence-electron chi connectivity index (χ3n) is 3.47. The molecule has 0 fully saturated rings. The molecule has 0 radical (unpaired) electrons. The number of amides is 2. The quantitative estimate of drug-likeness (QED) is 0.880. The van der Waals surface area contributed by atoms with Crippen molar-refractivity contribution in [2.45, 2.75) is 46.3 Å². The second-order valence-corrected chi connectivity index (χ2v) is 7.26. The summed E-state index contributed by atoms with van der Waals surface area (Å²) in [6.07, 6.45) is -0.595. The molecular formula is C18H28FN3O3. The summed E-state index contributed by atoms with van der Waals surface area (Å²) in [5.41, 5.74) is 0.156. The first-order chi connectivity index (χ1) is 11.4. The van der Waals surface area contributed by atoms with Crippen LogP contribution in [0.2, 0.25) is 0 Å². The van der Waals surface area contributed by atoms with Crippen LogP contribution >= 0.6 is 0 Å². The van der Waals surface area contributed by atoms with E-state index in [0.29, 0.717) is 11.4 Å². The lowest BCUT2D eigenvalue weighted by molar-refractivity contribution is -0.117. The Morgan fingerprint density at radius 1 is 1.24 bits per heavy atom. The van der Waals surface area contributed by atoms with E-state index < -0.39 is 23.4 Å². The average molecular weight is 353 g/mol. The van der Waals surface area contributed by atoms with E-state index in [1.165, 1.54) is 13.1 Å². The van der Waals surface area contributed by atoms with Crippen LogP contribution in [0, 0.1) is 5.82 Å². The maximum atomic E-state index is 14.2. The van der Waals surface area contributed by atoms with E-state index in [1.54, 1.807) is 44.9 Å². The lowest BCUT2D eigenvalue weighted by atomic mass is 10.2. The zero-order chi connectivity index (χ0) is 19.4. The van der Waals surface area contributed by atoms with Gasteiger partial charge in [-0.2, -0.15) is 0 Å². The largest absolute Gasteiger partial charge is 0.444 e. The predicted octanol–water partition coefficient (Wildman–Crippen LogP) is 3.48. The van der Waals surface area contributed by atoms with Crippen molar-refractivity contribution >= 4 is 23.4 Å². The molecular weight excluding hydrogens is 325 g/mol. The lowest BCUT2D eigenvalue weighted by Gasteiger charge is -2.25. The molecule has 6 nitrogen and oxygen atoms in total. The Morgan fingerprint density at radius 3 is 2.32 bits per heavy atom. The molecule has 7 heteroatoms. The summed E-state index contributed by atoms with van der Waals surface area (Å²) in [7, 11) is 3.27. The van der Waals surface area contributed by atoms with Crippen molar-refractivity contribution in [2.24, 2.45) is 0 Å². The van der Waals surface area contributed by atoms with Gasteiger partial charge in [0.25, 0.3) is 0 Å². The summed E-state index contributed by atoms with van der Waals surface area (Å²) >= 11 is 0. The van der Waals surface area contributed by atoms with Crippen molar-refractivity contribution in [3.63, 3.8) is 0 Å². The van der Waals surface area contributed by atoms with Gasteiger partial charge in [-0.1, -0.05) is 0 Å². The van der Waals surface area contributed by atoms with Gasteiger partial charge in [-0.05, 0) is 52.8 Å². The summed E-state index contributed by atoms with van der Waals surface area (Å²) in [5, 5.41) is 2.58. The first-order valence-corrected chi connectivity index (χ1v) is 8.17. The Balaban J connectivity index is 2.69. The van der Waals surface area contributed by atoms with Gasteiger partial charge in [0.15, 0.2) is 0 Å². The van der Waals surface area contributed by atoms with Crippen LogP contribution in [0.15, 0.2) is 18.2 Å². The monoisotopic (exact) mass is 353 g/mol. The second-order valence-electron chi connectivity index (χ2n) is 7.26. The Bertz CT molecular complexity index is 626. The van der Waals surface area contributed by atoms with Gasteiger partial charge in [0, 0.05) is 25.8 Å². The van der Waals surface area contributed by atoms with E-state index in [9.17, 15) is 14.0 Å². The summed E-state index contributed by atoms with van der Waals surface area (Å²) in [6, 6.07) is 4.66. The van der Waals surface area contributed by atoms with E-state index in [0.717, 1.165) is 4.90 Å². The zero-order valence-corrected chi connectivity index (χ0v) is 16.0. The molecule has 0 aliphatic rings. The molecule has 25 heavy (non-hydrogen) atoms. The Labute approximate surface area is 148 Å². The van der Waals surface area contributed by atoms with Gasteiger partial charge in [-0.3, -0.25) is 4.79 Å². The van der Waals surface area contributed by atoms with E-state index in [4.69, 9.17) is 4.74 Å². The van der Waals surface area contributed by atoms with E-state index in [2.05, 4.69) is 5.32 Å². The van der Waals surface area contributed by atoms with Crippen LogP contribution in [0.1, 0.15) is 34.6 Å². The number of hydrogen-bond donors (Lipinski definition) is 1. The number of nitrogens with zero attached hydrogens (tertiary/aromatic N) is 2. The number of hydrogen-bond acceptors (Lipinski definition) is 4. The molecule has 0 saturated carbocycles. The van der Waals surface area contributed by atoms with Crippen LogP contribution in [-0.4, -0.2) is 49.2 Å². The average Bonchev–Trinajstić information content (AvgIpc) is 2.44. The molecule has 0 atom stereocenters. The van der Waals surface area contributed by atoms with Crippen molar-refractivity contribution in [3.05, 3.63) is 24.0 Å². The number of ether oxygens (including phenoxy) is 1. The third kappa shape index (κ3) is 6.60. The van der Waals surface area contributed by atoms with E-state index in [1.807, 2.05) is 13.8 Å². The number of halogens is 1. The topological polar surface area (TPSA) is 61.9 Å². The van der Waals surface area contributed by atoms with Crippen molar-refractivity contribution in [1.82, 2.24) is 4.90 Å².